The smallest absolute Gasteiger partial charge is 0.410 e. The third-order valence-electron chi connectivity index (χ3n) is 6.04. The Kier molecular flexibility index (Phi) is 6.85. The van der Waals surface area contributed by atoms with Gasteiger partial charge in [0.2, 0.25) is 0 Å². The van der Waals surface area contributed by atoms with Crippen molar-refractivity contribution >= 4 is 17.6 Å². The van der Waals surface area contributed by atoms with Gasteiger partial charge >= 0.3 is 6.09 Å². The number of nitrogens with zero attached hydrogens (tertiary/aromatic N) is 5. The number of nitrogens with one attached hydrogen (secondary N) is 1. The van der Waals surface area contributed by atoms with Gasteiger partial charge in [0.1, 0.15) is 23.8 Å². The summed E-state index contributed by atoms with van der Waals surface area (Å²) in [4.78, 5) is 28.1. The number of pyridine rings is 1. The molecule has 0 radical (unpaired) electrons. The third kappa shape index (κ3) is 5.25. The Morgan fingerprint density at radius 3 is 2.83 bits per heavy atom. The molecule has 0 saturated carbocycles. The lowest BCUT2D eigenvalue weighted by Gasteiger charge is -2.38. The average molecular weight is 473 g/mol. The summed E-state index contributed by atoms with van der Waals surface area (Å²) >= 11 is 0. The highest BCUT2D eigenvalue weighted by molar-refractivity contribution is 5.68. The number of hydrogen-bond acceptors (Lipinski definition) is 7. The first-order valence-corrected chi connectivity index (χ1v) is 11.8. The highest BCUT2D eigenvalue weighted by atomic mass is 16.6. The number of hydrogen-bond donors (Lipinski definition) is 1. The summed E-state index contributed by atoms with van der Waals surface area (Å²) in [6, 6.07) is 15.4. The van der Waals surface area contributed by atoms with Gasteiger partial charge in [0.05, 0.1) is 36.4 Å². The summed E-state index contributed by atoms with van der Waals surface area (Å²) in [5.41, 5.74) is 3.36. The number of piperidine rings is 1. The minimum Gasteiger partial charge on any atom is -0.445 e. The van der Waals surface area contributed by atoms with Crippen LogP contribution in [0.5, 0.6) is 0 Å². The minimum absolute atomic E-state index is 0.0561. The SMILES string of the molecule is CCOC1CCN(C(=O)OCc2ccccc2)CC1Nc1cncc(-c2cnc3ccccn23)n1. The number of rotatable bonds is 7. The molecule has 1 N–H and O–H groups in total. The molecule has 1 aromatic carbocycles. The van der Waals surface area contributed by atoms with Crippen molar-refractivity contribution in [2.45, 2.75) is 32.1 Å². The Hall–Kier alpha value is -3.98. The number of carbonyl (C=O) groups excluding carboxylic acids is 1. The maximum absolute atomic E-state index is 12.8. The molecule has 4 heterocycles. The van der Waals surface area contributed by atoms with Crippen molar-refractivity contribution in [3.05, 3.63) is 78.9 Å². The number of imidazole rings is 1. The van der Waals surface area contributed by atoms with Crippen LogP contribution in [-0.4, -0.2) is 62.2 Å². The molecule has 4 aromatic rings. The normalized spacial score (nSPS) is 17.9. The summed E-state index contributed by atoms with van der Waals surface area (Å²) in [5.74, 6) is 0.614. The van der Waals surface area contributed by atoms with E-state index in [1.807, 2.05) is 66.1 Å². The first kappa shape index (κ1) is 22.8. The fraction of sp³-hybridized carbons (Fsp3) is 0.308. The molecule has 1 aliphatic rings. The zero-order valence-corrected chi connectivity index (χ0v) is 19.6. The molecule has 0 aliphatic carbocycles. The summed E-state index contributed by atoms with van der Waals surface area (Å²) in [5, 5.41) is 3.45. The van der Waals surface area contributed by atoms with E-state index < -0.39 is 0 Å². The van der Waals surface area contributed by atoms with E-state index in [2.05, 4.69) is 15.3 Å². The second kappa shape index (κ2) is 10.5. The van der Waals surface area contributed by atoms with E-state index in [9.17, 15) is 4.79 Å². The van der Waals surface area contributed by atoms with Gasteiger partial charge in [-0.15, -0.1) is 0 Å². The van der Waals surface area contributed by atoms with E-state index in [1.165, 1.54) is 0 Å². The number of benzene rings is 1. The van der Waals surface area contributed by atoms with Crippen molar-refractivity contribution in [3.8, 4) is 11.4 Å². The second-order valence-corrected chi connectivity index (χ2v) is 8.38. The number of carbonyl (C=O) groups is 1. The quantitative estimate of drug-likeness (QED) is 0.434. The van der Waals surface area contributed by atoms with Crippen LogP contribution >= 0.6 is 0 Å². The number of amides is 1. The van der Waals surface area contributed by atoms with Crippen LogP contribution in [0.1, 0.15) is 18.9 Å². The molecule has 2 unspecified atom stereocenters. The summed E-state index contributed by atoms with van der Waals surface area (Å²) in [6.45, 7) is 3.83. The van der Waals surface area contributed by atoms with E-state index in [4.69, 9.17) is 14.5 Å². The molecular weight excluding hydrogens is 444 g/mol. The summed E-state index contributed by atoms with van der Waals surface area (Å²) in [6.07, 6.45) is 7.45. The molecule has 3 aromatic heterocycles. The molecular formula is C26H28N6O3. The van der Waals surface area contributed by atoms with Crippen LogP contribution in [0.15, 0.2) is 73.3 Å². The Balaban J connectivity index is 1.29. The lowest BCUT2D eigenvalue weighted by molar-refractivity contribution is 0.00245. The molecule has 1 amide bonds. The monoisotopic (exact) mass is 472 g/mol. The molecule has 0 spiro atoms. The number of aromatic nitrogens is 4. The van der Waals surface area contributed by atoms with Crippen LogP contribution < -0.4 is 5.32 Å². The maximum Gasteiger partial charge on any atom is 0.410 e. The number of anilines is 1. The predicted molar refractivity (Wildman–Crippen MR) is 132 cm³/mol. The fourth-order valence-electron chi connectivity index (χ4n) is 4.33. The molecule has 5 rings (SSSR count). The lowest BCUT2D eigenvalue weighted by Crippen LogP contribution is -2.53. The van der Waals surface area contributed by atoms with E-state index >= 15 is 0 Å². The third-order valence-corrected chi connectivity index (χ3v) is 6.04. The van der Waals surface area contributed by atoms with Crippen LogP contribution in [0.25, 0.3) is 17.0 Å². The molecule has 180 valence electrons. The van der Waals surface area contributed by atoms with Crippen LogP contribution in [0.3, 0.4) is 0 Å². The van der Waals surface area contributed by atoms with E-state index in [0.29, 0.717) is 37.6 Å². The van der Waals surface area contributed by atoms with Crippen molar-refractivity contribution in [1.82, 2.24) is 24.3 Å². The minimum atomic E-state index is -0.332. The number of likely N-dealkylation sites (tertiary alicyclic amines) is 1. The van der Waals surface area contributed by atoms with Gasteiger partial charge in [0, 0.05) is 25.9 Å². The van der Waals surface area contributed by atoms with Crippen molar-refractivity contribution in [1.29, 1.82) is 0 Å². The molecule has 9 heteroatoms. The standard InChI is InChI=1S/C26H28N6O3/c1-2-34-23-11-13-31(26(33)35-18-19-8-4-3-5-9-19)17-21(23)30-24-16-27-14-20(29-24)22-15-28-25-10-6-7-12-32(22)25/h3-10,12,14-16,21,23H,2,11,13,17-18H2,1H3,(H,29,30). The molecule has 1 fully saturated rings. The van der Waals surface area contributed by atoms with Gasteiger partial charge in [-0.25, -0.2) is 14.8 Å². The Morgan fingerprint density at radius 1 is 1.11 bits per heavy atom. The fourth-order valence-corrected chi connectivity index (χ4v) is 4.33. The Morgan fingerprint density at radius 2 is 1.97 bits per heavy atom. The van der Waals surface area contributed by atoms with Gasteiger partial charge in [-0.2, -0.15) is 0 Å². The van der Waals surface area contributed by atoms with E-state index in [1.54, 1.807) is 23.5 Å². The molecule has 2 atom stereocenters. The largest absolute Gasteiger partial charge is 0.445 e. The predicted octanol–water partition coefficient (Wildman–Crippen LogP) is 4.02. The van der Waals surface area contributed by atoms with Gasteiger partial charge in [-0.05, 0) is 31.0 Å². The molecule has 35 heavy (non-hydrogen) atoms. The maximum atomic E-state index is 12.8. The van der Waals surface area contributed by atoms with E-state index in [-0.39, 0.29) is 24.8 Å². The van der Waals surface area contributed by atoms with E-state index in [0.717, 1.165) is 16.9 Å². The molecule has 1 saturated heterocycles. The second-order valence-electron chi connectivity index (χ2n) is 8.38. The van der Waals surface area contributed by atoms with Crippen molar-refractivity contribution in [2.75, 3.05) is 25.0 Å². The van der Waals surface area contributed by atoms with Gasteiger partial charge in [-0.1, -0.05) is 36.4 Å². The van der Waals surface area contributed by atoms with Crippen LogP contribution in [0, 0.1) is 0 Å². The molecule has 1 aliphatic heterocycles. The van der Waals surface area contributed by atoms with Gasteiger partial charge in [-0.3, -0.25) is 9.38 Å². The average Bonchev–Trinajstić information content (AvgIpc) is 3.33. The van der Waals surface area contributed by atoms with Crippen LogP contribution in [0.2, 0.25) is 0 Å². The molecule has 9 nitrogen and oxygen atoms in total. The van der Waals surface area contributed by atoms with Crippen molar-refractivity contribution < 1.29 is 14.3 Å². The lowest BCUT2D eigenvalue weighted by atomic mass is 10.0. The van der Waals surface area contributed by atoms with Crippen molar-refractivity contribution in [2.24, 2.45) is 0 Å². The van der Waals surface area contributed by atoms with Gasteiger partial charge in [0.25, 0.3) is 0 Å². The van der Waals surface area contributed by atoms with Gasteiger partial charge in [0.15, 0.2) is 0 Å². The first-order valence-electron chi connectivity index (χ1n) is 11.8. The first-order chi connectivity index (χ1) is 17.2. The van der Waals surface area contributed by atoms with Crippen molar-refractivity contribution in [3.63, 3.8) is 0 Å². The Bertz CT molecular complexity index is 1280. The summed E-state index contributed by atoms with van der Waals surface area (Å²) < 4.78 is 13.5. The summed E-state index contributed by atoms with van der Waals surface area (Å²) in [7, 11) is 0. The number of fused-ring (bicyclic) bond motifs is 1. The Labute approximate surface area is 203 Å². The van der Waals surface area contributed by atoms with Gasteiger partial charge < -0.3 is 19.7 Å². The van der Waals surface area contributed by atoms with Crippen LogP contribution in [-0.2, 0) is 16.1 Å². The van der Waals surface area contributed by atoms with Crippen LogP contribution in [0.4, 0.5) is 10.6 Å². The number of ether oxygens (including phenoxy) is 2. The zero-order chi connectivity index (χ0) is 24.0. The topological polar surface area (TPSA) is 93.9 Å². The highest BCUT2D eigenvalue weighted by Gasteiger charge is 2.33. The zero-order valence-electron chi connectivity index (χ0n) is 19.6. The highest BCUT2D eigenvalue weighted by Crippen LogP contribution is 2.22. The molecule has 0 bridgehead atoms.